The highest BCUT2D eigenvalue weighted by Gasteiger charge is 2.22. The molecule has 4 aromatic rings. The molecule has 1 aromatic carbocycles. The van der Waals surface area contributed by atoms with Crippen molar-refractivity contribution in [2.75, 3.05) is 6.61 Å². The van der Waals surface area contributed by atoms with Crippen molar-refractivity contribution in [3.63, 3.8) is 0 Å². The van der Waals surface area contributed by atoms with E-state index >= 15 is 0 Å². The van der Waals surface area contributed by atoms with Crippen molar-refractivity contribution in [1.82, 2.24) is 25.2 Å². The topological polar surface area (TPSA) is 90.1 Å². The number of aryl methyl sites for hydroxylation is 2. The summed E-state index contributed by atoms with van der Waals surface area (Å²) in [7, 11) is 0. The molecule has 0 spiro atoms. The minimum atomic E-state index is -0.0289. The van der Waals surface area contributed by atoms with Crippen LogP contribution in [0, 0.1) is 13.8 Å². The number of nitrogens with zero attached hydrogens (tertiary/aromatic N) is 4. The molecule has 9 heteroatoms. The number of benzene rings is 1. The average Bonchev–Trinajstić information content (AvgIpc) is 3.57. The van der Waals surface area contributed by atoms with Gasteiger partial charge in [0.1, 0.15) is 19.6 Å². The Morgan fingerprint density at radius 2 is 2.15 bits per heavy atom. The molecule has 0 amide bonds. The van der Waals surface area contributed by atoms with Crippen LogP contribution in [0.15, 0.2) is 40.5 Å². The van der Waals surface area contributed by atoms with Crippen LogP contribution in [0.5, 0.6) is 0 Å². The van der Waals surface area contributed by atoms with Gasteiger partial charge in [-0.25, -0.2) is 4.68 Å². The smallest absolute Gasteiger partial charge is 0.257 e. The highest BCUT2D eigenvalue weighted by Crippen LogP contribution is 2.19. The Balaban J connectivity index is 1.42. The molecule has 5 rings (SSSR count). The van der Waals surface area contributed by atoms with Gasteiger partial charge in [0.25, 0.3) is 5.56 Å². The summed E-state index contributed by atoms with van der Waals surface area (Å²) in [5.41, 5.74) is 3.96. The number of fused-ring (bicyclic) bond motifs is 1. The van der Waals surface area contributed by atoms with Gasteiger partial charge in [0.15, 0.2) is 0 Å². The van der Waals surface area contributed by atoms with Crippen molar-refractivity contribution in [2.45, 2.75) is 59.0 Å². The van der Waals surface area contributed by atoms with Crippen molar-refractivity contribution in [3.05, 3.63) is 73.5 Å². The fourth-order valence-corrected chi connectivity index (χ4v) is 5.29. The molecular formula is C24H29N6O2S+. The molecule has 1 aliphatic heterocycles. The van der Waals surface area contributed by atoms with Gasteiger partial charge in [-0.05, 0) is 71.1 Å². The molecule has 1 saturated heterocycles. The first-order valence-corrected chi connectivity index (χ1v) is 12.3. The highest BCUT2D eigenvalue weighted by atomic mass is 32.1. The van der Waals surface area contributed by atoms with E-state index in [0.29, 0.717) is 19.6 Å². The number of hydrogen-bond donors (Lipinski definition) is 2. The van der Waals surface area contributed by atoms with Gasteiger partial charge < -0.3 is 14.6 Å². The number of tetrazole rings is 1. The van der Waals surface area contributed by atoms with Crippen LogP contribution in [0.3, 0.4) is 0 Å². The fourth-order valence-electron chi connectivity index (χ4n) is 4.51. The van der Waals surface area contributed by atoms with Gasteiger partial charge in [0.05, 0.1) is 28.6 Å². The summed E-state index contributed by atoms with van der Waals surface area (Å²) in [5, 5.41) is 15.6. The number of H-pyrrole nitrogens is 1. The van der Waals surface area contributed by atoms with Crippen LogP contribution in [0.2, 0.25) is 0 Å². The minimum absolute atomic E-state index is 0.0289. The lowest BCUT2D eigenvalue weighted by atomic mass is 10.0. The highest BCUT2D eigenvalue weighted by molar-refractivity contribution is 7.09. The molecular weight excluding hydrogens is 436 g/mol. The van der Waals surface area contributed by atoms with E-state index in [0.717, 1.165) is 53.8 Å². The van der Waals surface area contributed by atoms with E-state index in [2.05, 4.69) is 64.0 Å². The number of nitrogens with one attached hydrogen (secondary N) is 2. The summed E-state index contributed by atoms with van der Waals surface area (Å²) in [6.07, 6.45) is 2.29. The van der Waals surface area contributed by atoms with Crippen molar-refractivity contribution in [2.24, 2.45) is 0 Å². The second-order valence-corrected chi connectivity index (χ2v) is 9.90. The summed E-state index contributed by atoms with van der Waals surface area (Å²) in [5.74, 6) is 0.820. The SMILES string of the molecule is Cc1ccc2cc(C[NH+](Cc3cccs3)Cc3nnnn3C[C@@H]3CCCO3)c(=O)[nH]c2c1C. The number of aromatic amines is 1. The third-order valence-electron chi connectivity index (χ3n) is 6.49. The van der Waals surface area contributed by atoms with E-state index < -0.39 is 0 Å². The van der Waals surface area contributed by atoms with Crippen LogP contribution in [0.25, 0.3) is 10.9 Å². The predicted molar refractivity (Wildman–Crippen MR) is 127 cm³/mol. The summed E-state index contributed by atoms with van der Waals surface area (Å²) in [4.78, 5) is 18.6. The van der Waals surface area contributed by atoms with E-state index in [-0.39, 0.29) is 11.7 Å². The number of quaternary nitrogens is 1. The lowest BCUT2D eigenvalue weighted by molar-refractivity contribution is -0.941. The van der Waals surface area contributed by atoms with Gasteiger partial charge in [-0.3, -0.25) is 4.79 Å². The molecule has 33 heavy (non-hydrogen) atoms. The van der Waals surface area contributed by atoms with Crippen LogP contribution in [-0.2, 0) is 30.9 Å². The molecule has 3 aromatic heterocycles. The van der Waals surface area contributed by atoms with E-state index in [4.69, 9.17) is 4.74 Å². The molecule has 2 N–H and O–H groups in total. The summed E-state index contributed by atoms with van der Waals surface area (Å²) in [6.45, 7) is 7.61. The Bertz CT molecular complexity index is 1290. The number of ether oxygens (including phenoxy) is 1. The standard InChI is InChI=1S/C24H28N6O2S/c1-16-7-8-18-11-19(24(31)25-23(18)17(16)2)12-29(14-21-6-4-10-33-21)15-22-26-27-28-30(22)13-20-5-3-9-32-20/h4,6-8,10-11,20H,3,5,9,12-15H2,1-2H3,(H,25,31)/p+1/t20-/m0/s1. The normalized spacial score (nSPS) is 17.1. The molecule has 8 nitrogen and oxygen atoms in total. The molecule has 172 valence electrons. The quantitative estimate of drug-likeness (QED) is 0.416. The molecule has 1 fully saturated rings. The van der Waals surface area contributed by atoms with Gasteiger partial charge in [-0.15, -0.1) is 16.4 Å². The predicted octanol–water partition coefficient (Wildman–Crippen LogP) is 2.16. The molecule has 2 atom stereocenters. The number of thiophene rings is 1. The molecule has 0 aliphatic carbocycles. The average molecular weight is 466 g/mol. The second kappa shape index (κ2) is 9.54. The fraction of sp³-hybridized carbons (Fsp3) is 0.417. The molecule has 0 saturated carbocycles. The Kier molecular flexibility index (Phi) is 6.34. The van der Waals surface area contributed by atoms with Gasteiger partial charge >= 0.3 is 0 Å². The number of pyridine rings is 1. The van der Waals surface area contributed by atoms with Crippen LogP contribution >= 0.6 is 11.3 Å². The van der Waals surface area contributed by atoms with Gasteiger partial charge in [0, 0.05) is 6.61 Å². The maximum Gasteiger partial charge on any atom is 0.257 e. The van der Waals surface area contributed by atoms with Gasteiger partial charge in [-0.2, -0.15) is 0 Å². The molecule has 1 aliphatic rings. The van der Waals surface area contributed by atoms with E-state index in [9.17, 15) is 4.79 Å². The van der Waals surface area contributed by atoms with Crippen molar-refractivity contribution in [1.29, 1.82) is 0 Å². The maximum atomic E-state index is 13.0. The van der Waals surface area contributed by atoms with Crippen LogP contribution in [0.1, 0.15) is 40.2 Å². The van der Waals surface area contributed by atoms with Crippen molar-refractivity contribution < 1.29 is 9.64 Å². The molecule has 0 bridgehead atoms. The van der Waals surface area contributed by atoms with Crippen LogP contribution in [0.4, 0.5) is 0 Å². The van der Waals surface area contributed by atoms with E-state index in [1.165, 1.54) is 15.3 Å². The first-order valence-electron chi connectivity index (χ1n) is 11.4. The summed E-state index contributed by atoms with van der Waals surface area (Å²) in [6, 6.07) is 10.4. The maximum absolute atomic E-state index is 13.0. The van der Waals surface area contributed by atoms with Gasteiger partial charge in [0.2, 0.25) is 5.82 Å². The molecule has 0 radical (unpaired) electrons. The largest absolute Gasteiger partial charge is 0.376 e. The third kappa shape index (κ3) is 4.90. The van der Waals surface area contributed by atoms with E-state index in [1.54, 1.807) is 11.3 Å². The lowest BCUT2D eigenvalue weighted by Gasteiger charge is -2.19. The van der Waals surface area contributed by atoms with Gasteiger partial charge in [-0.1, -0.05) is 18.2 Å². The summed E-state index contributed by atoms with van der Waals surface area (Å²) >= 11 is 1.73. The van der Waals surface area contributed by atoms with Crippen molar-refractivity contribution in [3.8, 4) is 0 Å². The Morgan fingerprint density at radius 3 is 2.94 bits per heavy atom. The third-order valence-corrected chi connectivity index (χ3v) is 7.36. The zero-order valence-electron chi connectivity index (χ0n) is 19.0. The lowest BCUT2D eigenvalue weighted by Crippen LogP contribution is -3.08. The first kappa shape index (κ1) is 21.9. The zero-order chi connectivity index (χ0) is 22.8. The number of aromatic nitrogens is 5. The monoisotopic (exact) mass is 465 g/mol. The zero-order valence-corrected chi connectivity index (χ0v) is 19.8. The van der Waals surface area contributed by atoms with Crippen molar-refractivity contribution >= 4 is 22.2 Å². The van der Waals surface area contributed by atoms with Crippen LogP contribution in [-0.4, -0.2) is 37.9 Å². The Morgan fingerprint density at radius 1 is 1.24 bits per heavy atom. The summed E-state index contributed by atoms with van der Waals surface area (Å²) < 4.78 is 7.64. The number of rotatable bonds is 8. The first-order chi connectivity index (χ1) is 16.1. The minimum Gasteiger partial charge on any atom is -0.376 e. The molecule has 4 heterocycles. The Hall–Kier alpha value is -2.88. The van der Waals surface area contributed by atoms with Crippen LogP contribution < -0.4 is 10.5 Å². The Labute approximate surface area is 196 Å². The molecule has 1 unspecified atom stereocenters. The second-order valence-electron chi connectivity index (χ2n) is 8.87. The van der Waals surface area contributed by atoms with E-state index in [1.807, 2.05) is 10.7 Å². The number of hydrogen-bond acceptors (Lipinski definition) is 6.